The van der Waals surface area contributed by atoms with E-state index < -0.39 is 17.7 Å². The fourth-order valence-electron chi connectivity index (χ4n) is 2.72. The van der Waals surface area contributed by atoms with Crippen molar-refractivity contribution in [1.82, 2.24) is 9.78 Å². The van der Waals surface area contributed by atoms with Gasteiger partial charge in [-0.25, -0.2) is 9.48 Å². The third kappa shape index (κ3) is 2.54. The number of fused-ring (bicyclic) bond motifs is 1. The zero-order chi connectivity index (χ0) is 16.8. The first-order valence-corrected chi connectivity index (χ1v) is 6.93. The Morgan fingerprint density at radius 2 is 1.87 bits per heavy atom. The highest BCUT2D eigenvalue weighted by Crippen LogP contribution is 2.36. The molecule has 5 nitrogen and oxygen atoms in total. The number of halogens is 3. The van der Waals surface area contributed by atoms with Crippen molar-refractivity contribution in [3.63, 3.8) is 0 Å². The Balaban J connectivity index is 2.01. The number of hydrogen-bond donors (Lipinski definition) is 0. The van der Waals surface area contributed by atoms with Gasteiger partial charge in [0.05, 0.1) is 24.9 Å². The van der Waals surface area contributed by atoms with Crippen molar-refractivity contribution < 1.29 is 22.7 Å². The summed E-state index contributed by atoms with van der Waals surface area (Å²) in [4.78, 5) is 13.7. The fraction of sp³-hybridized carbons (Fsp3) is 0.333. The number of carbonyl (C=O) groups excluding carboxylic acids is 1. The molecule has 1 aromatic carbocycles. The normalized spacial score (nSPS) is 14.0. The minimum Gasteiger partial charge on any atom is -0.465 e. The molecule has 1 aliphatic heterocycles. The van der Waals surface area contributed by atoms with Gasteiger partial charge in [0.15, 0.2) is 0 Å². The molecular formula is C15H14F3N3O2. The maximum absolute atomic E-state index is 12.7. The van der Waals surface area contributed by atoms with Crippen LogP contribution in [0.4, 0.5) is 24.7 Å². The molecule has 122 valence electrons. The van der Waals surface area contributed by atoms with Crippen LogP contribution in [0.25, 0.3) is 0 Å². The molecule has 0 radical (unpaired) electrons. The molecule has 0 N–H and O–H groups in total. The van der Waals surface area contributed by atoms with E-state index in [1.165, 1.54) is 19.2 Å². The zero-order valence-electron chi connectivity index (χ0n) is 12.5. The molecule has 0 amide bonds. The lowest BCUT2D eigenvalue weighted by molar-refractivity contribution is -0.137. The first kappa shape index (κ1) is 15.4. The molecule has 0 saturated heterocycles. The summed E-state index contributed by atoms with van der Waals surface area (Å²) in [6.45, 7) is 2.77. The van der Waals surface area contributed by atoms with E-state index >= 15 is 0 Å². The number of esters is 1. The molecule has 0 spiro atoms. The summed E-state index contributed by atoms with van der Waals surface area (Å²) in [5.41, 5.74) is 0.730. The van der Waals surface area contributed by atoms with Crippen LogP contribution in [-0.4, -0.2) is 29.4 Å². The molecule has 23 heavy (non-hydrogen) atoms. The topological polar surface area (TPSA) is 47.4 Å². The Morgan fingerprint density at radius 1 is 1.22 bits per heavy atom. The molecule has 8 heteroatoms. The SMILES string of the molecule is COC(=O)c1c(C)nn2c1N(c1ccc(C(F)(F)F)cc1)CC2. The van der Waals surface area contributed by atoms with Crippen molar-refractivity contribution >= 4 is 17.5 Å². The second-order valence-corrected chi connectivity index (χ2v) is 5.20. The van der Waals surface area contributed by atoms with Crippen LogP contribution in [0, 0.1) is 6.92 Å². The van der Waals surface area contributed by atoms with Crippen LogP contribution in [0.15, 0.2) is 24.3 Å². The highest BCUT2D eigenvalue weighted by molar-refractivity contribution is 5.97. The lowest BCUT2D eigenvalue weighted by atomic mass is 10.1. The minimum absolute atomic E-state index is 0.338. The van der Waals surface area contributed by atoms with Gasteiger partial charge in [0.2, 0.25) is 0 Å². The highest BCUT2D eigenvalue weighted by atomic mass is 19.4. The summed E-state index contributed by atoms with van der Waals surface area (Å²) in [7, 11) is 1.28. The van der Waals surface area contributed by atoms with E-state index in [1.54, 1.807) is 16.5 Å². The van der Waals surface area contributed by atoms with Gasteiger partial charge in [-0.3, -0.25) is 0 Å². The first-order valence-electron chi connectivity index (χ1n) is 6.93. The van der Waals surface area contributed by atoms with Crippen LogP contribution in [0.3, 0.4) is 0 Å². The van der Waals surface area contributed by atoms with E-state index in [2.05, 4.69) is 5.10 Å². The largest absolute Gasteiger partial charge is 0.465 e. The predicted octanol–water partition coefficient (Wildman–Crippen LogP) is 3.15. The monoisotopic (exact) mass is 325 g/mol. The number of nitrogens with zero attached hydrogens (tertiary/aromatic N) is 3. The maximum Gasteiger partial charge on any atom is 0.416 e. The van der Waals surface area contributed by atoms with Crippen molar-refractivity contribution in [3.05, 3.63) is 41.1 Å². The molecule has 2 aromatic rings. The number of rotatable bonds is 2. The summed E-state index contributed by atoms with van der Waals surface area (Å²) in [6.07, 6.45) is -4.38. The van der Waals surface area contributed by atoms with E-state index in [-0.39, 0.29) is 0 Å². The van der Waals surface area contributed by atoms with Gasteiger partial charge >= 0.3 is 12.1 Å². The molecular weight excluding hydrogens is 311 g/mol. The smallest absolute Gasteiger partial charge is 0.416 e. The van der Waals surface area contributed by atoms with Crippen LogP contribution >= 0.6 is 0 Å². The molecule has 3 rings (SSSR count). The lowest BCUT2D eigenvalue weighted by Crippen LogP contribution is -2.17. The summed E-state index contributed by atoms with van der Waals surface area (Å²) < 4.78 is 44.4. The quantitative estimate of drug-likeness (QED) is 0.796. The van der Waals surface area contributed by atoms with E-state index in [4.69, 9.17) is 4.74 Å². The van der Waals surface area contributed by atoms with E-state index in [1.807, 2.05) is 0 Å². The third-order valence-electron chi connectivity index (χ3n) is 3.79. The molecule has 0 atom stereocenters. The van der Waals surface area contributed by atoms with E-state index in [0.717, 1.165) is 12.1 Å². The Labute approximate surface area is 130 Å². The summed E-state index contributed by atoms with van der Waals surface area (Å²) in [6, 6.07) is 4.84. The Morgan fingerprint density at radius 3 is 2.43 bits per heavy atom. The summed E-state index contributed by atoms with van der Waals surface area (Å²) >= 11 is 0. The third-order valence-corrected chi connectivity index (χ3v) is 3.79. The van der Waals surface area contributed by atoms with Gasteiger partial charge in [0.25, 0.3) is 0 Å². The molecule has 2 heterocycles. The van der Waals surface area contributed by atoms with Crippen molar-refractivity contribution in [1.29, 1.82) is 0 Å². The van der Waals surface area contributed by atoms with Crippen LogP contribution in [-0.2, 0) is 17.5 Å². The highest BCUT2D eigenvalue weighted by Gasteiger charge is 2.33. The first-order chi connectivity index (χ1) is 10.8. The molecule has 0 fully saturated rings. The van der Waals surface area contributed by atoms with Crippen molar-refractivity contribution in [3.8, 4) is 0 Å². The number of carbonyl (C=O) groups is 1. The number of benzene rings is 1. The average molecular weight is 325 g/mol. The number of anilines is 2. The van der Waals surface area contributed by atoms with E-state index in [0.29, 0.717) is 35.9 Å². The van der Waals surface area contributed by atoms with Gasteiger partial charge < -0.3 is 9.64 Å². The fourth-order valence-corrected chi connectivity index (χ4v) is 2.72. The lowest BCUT2D eigenvalue weighted by Gasteiger charge is -2.19. The van der Waals surface area contributed by atoms with Crippen molar-refractivity contribution in [2.24, 2.45) is 0 Å². The van der Waals surface area contributed by atoms with Gasteiger partial charge in [-0.05, 0) is 31.2 Å². The van der Waals surface area contributed by atoms with Crippen LogP contribution in [0.2, 0.25) is 0 Å². The van der Waals surface area contributed by atoms with Gasteiger partial charge in [-0.2, -0.15) is 18.3 Å². The number of hydrogen-bond acceptors (Lipinski definition) is 4. The Bertz CT molecular complexity index is 751. The van der Waals surface area contributed by atoms with Crippen molar-refractivity contribution in [2.75, 3.05) is 18.6 Å². The number of ether oxygens (including phenoxy) is 1. The van der Waals surface area contributed by atoms with Crippen LogP contribution in [0.5, 0.6) is 0 Å². The van der Waals surface area contributed by atoms with Gasteiger partial charge in [-0.1, -0.05) is 0 Å². The second-order valence-electron chi connectivity index (χ2n) is 5.20. The van der Waals surface area contributed by atoms with Gasteiger partial charge in [0, 0.05) is 12.2 Å². The molecule has 1 aromatic heterocycles. The second kappa shape index (κ2) is 5.29. The molecule has 0 aliphatic carbocycles. The zero-order valence-corrected chi connectivity index (χ0v) is 12.5. The van der Waals surface area contributed by atoms with Gasteiger partial charge in [-0.15, -0.1) is 0 Å². The molecule has 1 aliphatic rings. The number of aromatic nitrogens is 2. The predicted molar refractivity (Wildman–Crippen MR) is 76.8 cm³/mol. The number of aryl methyl sites for hydroxylation is 1. The Hall–Kier alpha value is -2.51. The van der Waals surface area contributed by atoms with Gasteiger partial charge in [0.1, 0.15) is 11.4 Å². The Kier molecular flexibility index (Phi) is 3.54. The molecule has 0 saturated carbocycles. The van der Waals surface area contributed by atoms with Crippen molar-refractivity contribution in [2.45, 2.75) is 19.6 Å². The van der Waals surface area contributed by atoms with E-state index in [9.17, 15) is 18.0 Å². The van der Waals surface area contributed by atoms with Crippen LogP contribution in [0.1, 0.15) is 21.6 Å². The number of methoxy groups -OCH3 is 1. The number of alkyl halides is 3. The standard InChI is InChI=1S/C15H14F3N3O2/c1-9-12(14(22)23-2)13-20(7-8-21(13)19-9)11-5-3-10(4-6-11)15(16,17)18/h3-6H,7-8H2,1-2H3. The summed E-state index contributed by atoms with van der Waals surface area (Å²) in [5.74, 6) is 0.0386. The maximum atomic E-state index is 12.7. The average Bonchev–Trinajstić information content (AvgIpc) is 3.03. The molecule has 0 bridgehead atoms. The minimum atomic E-state index is -4.38. The molecule has 0 unspecified atom stereocenters. The summed E-state index contributed by atoms with van der Waals surface area (Å²) in [5, 5.41) is 4.29. The van der Waals surface area contributed by atoms with Crippen LogP contribution < -0.4 is 4.90 Å².